The summed E-state index contributed by atoms with van der Waals surface area (Å²) in [6, 6.07) is 15.6. The molecule has 0 saturated heterocycles. The summed E-state index contributed by atoms with van der Waals surface area (Å²) in [6.45, 7) is -0.453. The number of hydrogen-bond donors (Lipinski definition) is 2. The van der Waals surface area contributed by atoms with Gasteiger partial charge in [-0.25, -0.2) is 4.79 Å². The summed E-state index contributed by atoms with van der Waals surface area (Å²) in [7, 11) is 0. The van der Waals surface area contributed by atoms with Crippen molar-refractivity contribution in [3.05, 3.63) is 75.8 Å². The fraction of sp³-hybridized carbons (Fsp3) is 0.0909. The molecule has 0 radical (unpaired) electrons. The number of aromatic nitrogens is 1. The average molecular weight is 443 g/mol. The molecule has 0 aliphatic rings. The van der Waals surface area contributed by atoms with Crippen LogP contribution in [-0.2, 0) is 11.3 Å². The fourth-order valence-corrected chi connectivity index (χ4v) is 4.13. The van der Waals surface area contributed by atoms with Gasteiger partial charge in [-0.15, -0.1) is 0 Å². The first-order valence-corrected chi connectivity index (χ1v) is 9.76. The number of ether oxygens (including phenoxy) is 1. The van der Waals surface area contributed by atoms with Crippen molar-refractivity contribution in [2.75, 3.05) is 6.61 Å². The number of aliphatic hydroxyl groups is 1. The average Bonchev–Trinajstić information content (AvgIpc) is 3.05. The molecule has 6 nitrogen and oxygen atoms in total. The molecule has 1 amide bonds. The number of nitrogens with zero attached hydrogens (tertiary/aromatic N) is 1. The van der Waals surface area contributed by atoms with E-state index < -0.39 is 18.5 Å². The highest BCUT2D eigenvalue weighted by Crippen LogP contribution is 2.39. The van der Waals surface area contributed by atoms with E-state index in [0.29, 0.717) is 44.0 Å². The Bertz CT molecular complexity index is 1290. The minimum Gasteiger partial charge on any atom is -0.424 e. The molecule has 0 aliphatic heterocycles. The predicted molar refractivity (Wildman–Crippen MR) is 116 cm³/mol. The maximum absolute atomic E-state index is 12.1. The zero-order chi connectivity index (χ0) is 21.4. The van der Waals surface area contributed by atoms with Crippen LogP contribution in [0.5, 0.6) is 5.75 Å². The molecule has 0 fully saturated rings. The van der Waals surface area contributed by atoms with Crippen LogP contribution in [0.15, 0.2) is 54.6 Å². The Labute approximate surface area is 181 Å². The molecule has 0 spiro atoms. The second-order valence-electron chi connectivity index (χ2n) is 6.63. The summed E-state index contributed by atoms with van der Waals surface area (Å²) >= 11 is 12.8. The van der Waals surface area contributed by atoms with Gasteiger partial charge in [-0.3, -0.25) is 4.79 Å². The summed E-state index contributed by atoms with van der Waals surface area (Å²) in [5, 5.41) is 11.2. The molecule has 8 heteroatoms. The van der Waals surface area contributed by atoms with E-state index in [1.165, 1.54) is 0 Å². The SMILES string of the molecule is NC(=O)c1cccc2c1c1c(OC(=O)CO)cccc1n2Cc1c(Cl)cccc1Cl. The Kier molecular flexibility index (Phi) is 5.39. The Balaban J connectivity index is 2.07. The van der Waals surface area contributed by atoms with E-state index in [0.717, 1.165) is 0 Å². The third-order valence-corrected chi connectivity index (χ3v) is 5.58. The summed E-state index contributed by atoms with van der Waals surface area (Å²) in [5.41, 5.74) is 8.01. The molecule has 0 unspecified atom stereocenters. The van der Waals surface area contributed by atoms with Crippen LogP contribution in [0.2, 0.25) is 10.0 Å². The van der Waals surface area contributed by atoms with Crippen LogP contribution in [0.4, 0.5) is 0 Å². The van der Waals surface area contributed by atoms with E-state index >= 15 is 0 Å². The fourth-order valence-electron chi connectivity index (χ4n) is 3.61. The molecule has 4 aromatic rings. The van der Waals surface area contributed by atoms with Crippen LogP contribution in [0.25, 0.3) is 21.8 Å². The molecule has 3 aromatic carbocycles. The molecular formula is C22H16Cl2N2O4. The molecule has 0 bridgehead atoms. The van der Waals surface area contributed by atoms with Gasteiger partial charge in [0.05, 0.1) is 23.0 Å². The van der Waals surface area contributed by atoms with Crippen molar-refractivity contribution >= 4 is 56.9 Å². The van der Waals surface area contributed by atoms with Crippen LogP contribution in [-0.4, -0.2) is 28.2 Å². The van der Waals surface area contributed by atoms with Crippen molar-refractivity contribution in [1.29, 1.82) is 0 Å². The van der Waals surface area contributed by atoms with E-state index in [-0.39, 0.29) is 11.3 Å². The molecule has 1 heterocycles. The Morgan fingerprint density at radius 3 is 2.17 bits per heavy atom. The number of carbonyl (C=O) groups excluding carboxylic acids is 2. The Morgan fingerprint density at radius 1 is 0.933 bits per heavy atom. The minimum absolute atomic E-state index is 0.217. The highest BCUT2D eigenvalue weighted by atomic mass is 35.5. The number of halogens is 2. The predicted octanol–water partition coefficient (Wildman–Crippen LogP) is 4.15. The second kappa shape index (κ2) is 7.99. The number of carbonyl (C=O) groups is 2. The van der Waals surface area contributed by atoms with Gasteiger partial charge in [-0.2, -0.15) is 0 Å². The van der Waals surface area contributed by atoms with Gasteiger partial charge >= 0.3 is 5.97 Å². The van der Waals surface area contributed by atoms with Gasteiger partial charge in [-0.1, -0.05) is 41.4 Å². The maximum Gasteiger partial charge on any atom is 0.337 e. The summed E-state index contributed by atoms with van der Waals surface area (Å²) < 4.78 is 7.26. The largest absolute Gasteiger partial charge is 0.424 e. The summed E-state index contributed by atoms with van der Waals surface area (Å²) in [4.78, 5) is 23.9. The number of hydrogen-bond acceptors (Lipinski definition) is 4. The molecule has 0 aliphatic carbocycles. The van der Waals surface area contributed by atoms with Crippen LogP contribution >= 0.6 is 23.2 Å². The van der Waals surface area contributed by atoms with Crippen molar-refractivity contribution in [2.45, 2.75) is 6.54 Å². The Hall–Kier alpha value is -3.06. The number of primary amides is 1. The van der Waals surface area contributed by atoms with Gasteiger partial charge in [0.2, 0.25) is 5.91 Å². The van der Waals surface area contributed by atoms with E-state index in [1.807, 2.05) is 16.7 Å². The lowest BCUT2D eigenvalue weighted by Gasteiger charge is -2.11. The molecule has 3 N–H and O–H groups in total. The summed E-state index contributed by atoms with van der Waals surface area (Å²) in [6.07, 6.45) is 0. The van der Waals surface area contributed by atoms with Gasteiger partial charge in [0, 0.05) is 26.6 Å². The topological polar surface area (TPSA) is 94.6 Å². The first kappa shape index (κ1) is 20.2. The monoisotopic (exact) mass is 442 g/mol. The van der Waals surface area contributed by atoms with Crippen molar-refractivity contribution in [3.8, 4) is 5.75 Å². The quantitative estimate of drug-likeness (QED) is 0.358. The minimum atomic E-state index is -0.811. The number of nitrogens with two attached hydrogens (primary N) is 1. The molecule has 30 heavy (non-hydrogen) atoms. The molecule has 1 aromatic heterocycles. The van der Waals surface area contributed by atoms with Crippen LogP contribution < -0.4 is 10.5 Å². The molecule has 4 rings (SSSR count). The normalized spacial score (nSPS) is 11.2. The Morgan fingerprint density at radius 2 is 1.53 bits per heavy atom. The number of benzene rings is 3. The van der Waals surface area contributed by atoms with E-state index in [2.05, 4.69) is 0 Å². The summed E-state index contributed by atoms with van der Waals surface area (Å²) in [5.74, 6) is -1.21. The standard InChI is InChI=1S/C22H16Cl2N2O4/c23-14-5-2-6-15(24)13(14)10-26-16-7-1-4-12(22(25)29)20(16)21-17(26)8-3-9-18(21)30-19(28)11-27/h1-9,27H,10-11H2,(H2,25,29). The van der Waals surface area contributed by atoms with Crippen molar-refractivity contribution < 1.29 is 19.4 Å². The maximum atomic E-state index is 12.1. The number of aliphatic hydroxyl groups excluding tert-OH is 1. The van der Waals surface area contributed by atoms with Gasteiger partial charge < -0.3 is 20.1 Å². The van der Waals surface area contributed by atoms with Crippen LogP contribution in [0, 0.1) is 0 Å². The van der Waals surface area contributed by atoms with Gasteiger partial charge in [-0.05, 0) is 36.4 Å². The van der Waals surface area contributed by atoms with E-state index in [1.54, 1.807) is 42.5 Å². The number of rotatable bonds is 5. The van der Waals surface area contributed by atoms with Gasteiger partial charge in [0.25, 0.3) is 0 Å². The zero-order valence-electron chi connectivity index (χ0n) is 15.6. The highest BCUT2D eigenvalue weighted by molar-refractivity contribution is 6.36. The van der Waals surface area contributed by atoms with E-state index in [4.69, 9.17) is 38.8 Å². The third-order valence-electron chi connectivity index (χ3n) is 4.87. The molecule has 0 atom stereocenters. The lowest BCUT2D eigenvalue weighted by Crippen LogP contribution is -2.13. The third kappa shape index (κ3) is 3.39. The van der Waals surface area contributed by atoms with Crippen molar-refractivity contribution in [3.63, 3.8) is 0 Å². The molecular weight excluding hydrogens is 427 g/mol. The van der Waals surface area contributed by atoms with Crippen LogP contribution in [0.3, 0.4) is 0 Å². The van der Waals surface area contributed by atoms with Crippen molar-refractivity contribution in [1.82, 2.24) is 4.57 Å². The number of fused-ring (bicyclic) bond motifs is 3. The number of amides is 1. The van der Waals surface area contributed by atoms with Gasteiger partial charge in [0.1, 0.15) is 12.4 Å². The molecule has 0 saturated carbocycles. The van der Waals surface area contributed by atoms with Crippen molar-refractivity contribution in [2.24, 2.45) is 5.73 Å². The van der Waals surface area contributed by atoms with Gasteiger partial charge in [0.15, 0.2) is 0 Å². The first-order chi connectivity index (χ1) is 14.4. The van der Waals surface area contributed by atoms with E-state index in [9.17, 15) is 9.59 Å². The lowest BCUT2D eigenvalue weighted by atomic mass is 10.1. The number of esters is 1. The second-order valence-corrected chi connectivity index (χ2v) is 7.45. The smallest absolute Gasteiger partial charge is 0.337 e. The zero-order valence-corrected chi connectivity index (χ0v) is 17.1. The van der Waals surface area contributed by atoms with Crippen LogP contribution in [0.1, 0.15) is 15.9 Å². The highest BCUT2D eigenvalue weighted by Gasteiger charge is 2.21. The molecule has 152 valence electrons. The lowest BCUT2D eigenvalue weighted by molar-refractivity contribution is -0.137. The first-order valence-electron chi connectivity index (χ1n) is 9.00.